The number of piperazine rings is 1. The van der Waals surface area contributed by atoms with Crippen molar-refractivity contribution in [3.63, 3.8) is 0 Å². The largest absolute Gasteiger partial charge is 0.493 e. The van der Waals surface area contributed by atoms with E-state index in [0.29, 0.717) is 36.4 Å². The molecule has 14 nitrogen and oxygen atoms in total. The van der Waals surface area contributed by atoms with Gasteiger partial charge in [-0.05, 0) is 91.0 Å². The number of sulfonamides is 1. The van der Waals surface area contributed by atoms with E-state index in [1.54, 1.807) is 31.5 Å². The molecule has 16 heteroatoms. The second-order valence-electron chi connectivity index (χ2n) is 16.8. The minimum Gasteiger partial charge on any atom is -0.493 e. The topological polar surface area (TPSA) is 169 Å². The van der Waals surface area contributed by atoms with Crippen LogP contribution in [-0.4, -0.2) is 87.2 Å². The van der Waals surface area contributed by atoms with E-state index >= 15 is 0 Å². The Kier molecular flexibility index (Phi) is 12.1. The third kappa shape index (κ3) is 9.55. The number of hydrogen-bond acceptors (Lipinski definition) is 11. The molecule has 3 aromatic carbocycles. The number of rotatable bonds is 13. The zero-order chi connectivity index (χ0) is 42.9. The Hall–Kier alpha value is -5.48. The summed E-state index contributed by atoms with van der Waals surface area (Å²) in [5.41, 5.74) is 5.65. The Bertz CT molecular complexity index is 2600. The first-order valence-corrected chi connectivity index (χ1v) is 22.3. The molecule has 1 aliphatic carbocycles. The van der Waals surface area contributed by atoms with Crippen LogP contribution < -0.4 is 19.1 Å². The average Bonchev–Trinajstić information content (AvgIpc) is 3.71. The van der Waals surface area contributed by atoms with Crippen molar-refractivity contribution >= 4 is 55.5 Å². The molecule has 0 unspecified atom stereocenters. The lowest BCUT2D eigenvalue weighted by Gasteiger charge is -2.39. The van der Waals surface area contributed by atoms with E-state index < -0.39 is 31.4 Å². The van der Waals surface area contributed by atoms with Crippen molar-refractivity contribution in [2.75, 3.05) is 57.9 Å². The van der Waals surface area contributed by atoms with Crippen molar-refractivity contribution in [1.82, 2.24) is 19.6 Å². The van der Waals surface area contributed by atoms with Gasteiger partial charge in [0.15, 0.2) is 0 Å². The molecule has 5 aromatic rings. The number of halogens is 1. The molecule has 1 fully saturated rings. The van der Waals surface area contributed by atoms with Gasteiger partial charge < -0.3 is 24.1 Å². The molecular formula is C45H49ClN6O8S. The first kappa shape index (κ1) is 42.2. The van der Waals surface area contributed by atoms with Crippen LogP contribution in [0.25, 0.3) is 16.6 Å². The van der Waals surface area contributed by atoms with Crippen molar-refractivity contribution in [3.8, 4) is 17.2 Å². The summed E-state index contributed by atoms with van der Waals surface area (Å²) in [5, 5.41) is 13.7. The average molecular weight is 869 g/mol. The maximum atomic E-state index is 14.0. The maximum absolute atomic E-state index is 14.0. The Labute approximate surface area is 360 Å². The molecule has 3 aliphatic rings. The number of amides is 1. The van der Waals surface area contributed by atoms with Crippen molar-refractivity contribution < 1.29 is 32.3 Å². The number of fused-ring (bicyclic) bond motifs is 2. The summed E-state index contributed by atoms with van der Waals surface area (Å²) < 4.78 is 47.0. The highest BCUT2D eigenvalue weighted by Gasteiger charge is 2.33. The minimum absolute atomic E-state index is 0.0345. The summed E-state index contributed by atoms with van der Waals surface area (Å²) in [6.45, 7) is 9.32. The van der Waals surface area contributed by atoms with Gasteiger partial charge in [-0.1, -0.05) is 43.2 Å². The molecule has 8 rings (SSSR count). The van der Waals surface area contributed by atoms with E-state index in [1.807, 2.05) is 18.2 Å². The number of nitrogens with zero attached hydrogens (tertiary/aromatic N) is 4. The van der Waals surface area contributed by atoms with E-state index in [-0.39, 0.29) is 35.0 Å². The Morgan fingerprint density at radius 3 is 2.62 bits per heavy atom. The summed E-state index contributed by atoms with van der Waals surface area (Å²) in [6.07, 6.45) is 7.42. The van der Waals surface area contributed by atoms with Gasteiger partial charge >= 0.3 is 0 Å². The van der Waals surface area contributed by atoms with Gasteiger partial charge in [0.2, 0.25) is 0 Å². The van der Waals surface area contributed by atoms with E-state index in [4.69, 9.17) is 25.8 Å². The van der Waals surface area contributed by atoms with Crippen LogP contribution in [0.15, 0.2) is 89.6 Å². The lowest BCUT2D eigenvalue weighted by atomic mass is 9.72. The predicted octanol–water partition coefficient (Wildman–Crippen LogP) is 8.41. The van der Waals surface area contributed by atoms with Gasteiger partial charge in [0.05, 0.1) is 33.7 Å². The molecule has 320 valence electrons. The number of anilines is 1. The van der Waals surface area contributed by atoms with Crippen LogP contribution in [0.2, 0.25) is 5.02 Å². The fourth-order valence-corrected chi connectivity index (χ4v) is 9.63. The molecule has 2 N–H and O–H groups in total. The number of aromatic amines is 1. The van der Waals surface area contributed by atoms with Gasteiger partial charge in [-0.3, -0.25) is 19.8 Å². The van der Waals surface area contributed by atoms with E-state index in [2.05, 4.69) is 50.5 Å². The first-order chi connectivity index (χ1) is 29.2. The Morgan fingerprint density at radius 2 is 1.87 bits per heavy atom. The summed E-state index contributed by atoms with van der Waals surface area (Å²) in [7, 11) is -3.04. The lowest BCUT2D eigenvalue weighted by molar-refractivity contribution is -0.386. The van der Waals surface area contributed by atoms with Gasteiger partial charge in [-0.15, -0.1) is 0 Å². The second-order valence-corrected chi connectivity index (χ2v) is 19.0. The van der Waals surface area contributed by atoms with Gasteiger partial charge in [-0.2, -0.15) is 0 Å². The quantitative estimate of drug-likeness (QED) is 0.0861. The highest BCUT2D eigenvalue weighted by atomic mass is 35.5. The van der Waals surface area contributed by atoms with E-state index in [0.717, 1.165) is 74.1 Å². The van der Waals surface area contributed by atoms with Crippen LogP contribution in [0.1, 0.15) is 61.0 Å². The molecule has 2 aromatic heterocycles. The van der Waals surface area contributed by atoms with Gasteiger partial charge in [-0.25, -0.2) is 18.1 Å². The zero-order valence-corrected chi connectivity index (χ0v) is 36.0. The molecule has 0 radical (unpaired) electrons. The van der Waals surface area contributed by atoms with Crippen LogP contribution in [-0.2, 0) is 21.2 Å². The van der Waals surface area contributed by atoms with Gasteiger partial charge in [0.1, 0.15) is 22.9 Å². The standard InChI is InChI=1S/C45H49ClN6O8S/c1-45(2)13-10-32(39(25-45)30-4-6-33(46)7-5-30)27-50-15-17-51(18-16-50)34-8-9-37(42(22-34)60-35-21-31-11-14-47-43(31)48-26-35)44(53)49-61(56,57)36-23-40(52(54)55)38-20-29(12-19-58-3)28-59-41(38)24-36/h4-9,11,14,21-24,26,29H,10,12-13,15-20,25,27-28H2,1-3H3,(H,47,48)(H,49,53)/t29-/m0/s1. The number of nitro groups is 1. The molecule has 2 aliphatic heterocycles. The van der Waals surface area contributed by atoms with Crippen molar-refractivity contribution in [2.45, 2.75) is 50.8 Å². The Morgan fingerprint density at radius 1 is 1.08 bits per heavy atom. The fraction of sp³-hybridized carbons (Fsp3) is 0.378. The summed E-state index contributed by atoms with van der Waals surface area (Å²) in [4.78, 5) is 37.2. The van der Waals surface area contributed by atoms with Crippen LogP contribution in [0.3, 0.4) is 0 Å². The van der Waals surface area contributed by atoms with Gasteiger partial charge in [0, 0.05) is 86.9 Å². The highest BCUT2D eigenvalue weighted by Crippen LogP contribution is 2.44. The van der Waals surface area contributed by atoms with Crippen molar-refractivity contribution in [3.05, 3.63) is 117 Å². The minimum atomic E-state index is -4.62. The molecule has 4 heterocycles. The third-order valence-electron chi connectivity index (χ3n) is 11.9. The smallest absolute Gasteiger partial charge is 0.277 e. The highest BCUT2D eigenvalue weighted by molar-refractivity contribution is 7.90. The zero-order valence-electron chi connectivity index (χ0n) is 34.4. The fourth-order valence-electron chi connectivity index (χ4n) is 8.50. The van der Waals surface area contributed by atoms with Crippen molar-refractivity contribution in [2.24, 2.45) is 11.3 Å². The second kappa shape index (κ2) is 17.5. The van der Waals surface area contributed by atoms with Crippen LogP contribution in [0.4, 0.5) is 11.4 Å². The van der Waals surface area contributed by atoms with Gasteiger partial charge in [0.25, 0.3) is 21.6 Å². The molecule has 1 saturated heterocycles. The molecular weight excluding hydrogens is 820 g/mol. The molecule has 0 bridgehead atoms. The summed E-state index contributed by atoms with van der Waals surface area (Å²) >= 11 is 6.24. The number of aromatic nitrogens is 2. The van der Waals surface area contributed by atoms with Crippen LogP contribution >= 0.6 is 11.6 Å². The molecule has 0 saturated carbocycles. The Balaban J connectivity index is 1.03. The van der Waals surface area contributed by atoms with E-state index in [1.165, 1.54) is 35.0 Å². The number of ether oxygens (including phenoxy) is 3. The first-order valence-electron chi connectivity index (χ1n) is 20.4. The summed E-state index contributed by atoms with van der Waals surface area (Å²) in [6, 6.07) is 19.0. The number of methoxy groups -OCH3 is 1. The molecule has 61 heavy (non-hydrogen) atoms. The SMILES string of the molecule is COCC[C@@H]1COc2cc(S(=O)(=O)NC(=O)c3ccc(N4CCN(CC5=C(c6ccc(Cl)cc6)CC(C)(C)CC5)CC4)cc3Oc3cnc4[nH]ccc4c3)cc([N+](=O)[O-])c2C1. The van der Waals surface area contributed by atoms with Crippen LogP contribution in [0.5, 0.6) is 17.2 Å². The predicted molar refractivity (Wildman–Crippen MR) is 234 cm³/mol. The molecule has 1 amide bonds. The summed E-state index contributed by atoms with van der Waals surface area (Å²) in [5.74, 6) is -0.444. The van der Waals surface area contributed by atoms with Crippen molar-refractivity contribution in [1.29, 1.82) is 0 Å². The number of pyridine rings is 1. The number of allylic oxidation sites excluding steroid dienone is 1. The monoisotopic (exact) mass is 868 g/mol. The molecule has 1 atom stereocenters. The number of carbonyl (C=O) groups is 1. The lowest BCUT2D eigenvalue weighted by Crippen LogP contribution is -2.47. The molecule has 0 spiro atoms. The number of H-pyrrole nitrogens is 1. The number of benzene rings is 3. The number of hydrogen-bond donors (Lipinski definition) is 2. The van der Waals surface area contributed by atoms with Crippen LogP contribution in [0, 0.1) is 21.4 Å². The number of nitro benzene ring substituents is 1. The number of carbonyl (C=O) groups excluding carboxylic acids is 1. The van der Waals surface area contributed by atoms with E-state index in [9.17, 15) is 23.3 Å². The number of nitrogens with one attached hydrogen (secondary N) is 2. The normalized spacial score (nSPS) is 18.1. The third-order valence-corrected chi connectivity index (χ3v) is 13.5. The maximum Gasteiger partial charge on any atom is 0.277 e.